The van der Waals surface area contributed by atoms with Crippen LogP contribution in [0.1, 0.15) is 30.4 Å². The second kappa shape index (κ2) is 16.4. The molecule has 0 amide bonds. The van der Waals surface area contributed by atoms with Gasteiger partial charge in [-0.25, -0.2) is 0 Å². The molecule has 0 bridgehead atoms. The predicted octanol–water partition coefficient (Wildman–Crippen LogP) is 4.98. The van der Waals surface area contributed by atoms with Crippen LogP contribution < -0.4 is 14.8 Å². The Bertz CT molecular complexity index is 1740. The zero-order valence-electron chi connectivity index (χ0n) is 25.7. The van der Waals surface area contributed by atoms with Crippen molar-refractivity contribution in [2.24, 2.45) is 0 Å². The zero-order valence-corrected chi connectivity index (χ0v) is 28.1. The molecule has 1 fully saturated rings. The molecule has 5 rings (SSSR count). The SMILES string of the molecule is N#CCOc1cc(OCc2cccc(-c3cccc4c3cnn4CCCCN3CC[C@@H](O)C3)c2Br)c(Cl)cc1CN[C@@H](CO)C(=O)O. The van der Waals surface area contributed by atoms with Gasteiger partial charge >= 0.3 is 5.97 Å². The van der Waals surface area contributed by atoms with Crippen molar-refractivity contribution >= 4 is 44.4 Å². The monoisotopic (exact) mass is 725 g/mol. The maximum atomic E-state index is 11.3. The summed E-state index contributed by atoms with van der Waals surface area (Å²) in [5.74, 6) is -0.546. The van der Waals surface area contributed by atoms with Gasteiger partial charge in [0.05, 0.1) is 29.4 Å². The summed E-state index contributed by atoms with van der Waals surface area (Å²) in [6.45, 7) is 2.94. The molecule has 13 heteroatoms. The number of aryl methyl sites for hydroxylation is 1. The molecule has 2 heterocycles. The van der Waals surface area contributed by atoms with Gasteiger partial charge in [-0.2, -0.15) is 10.4 Å². The predicted molar refractivity (Wildman–Crippen MR) is 181 cm³/mol. The number of aliphatic hydroxyl groups is 2. The first-order valence-electron chi connectivity index (χ1n) is 15.4. The van der Waals surface area contributed by atoms with Crippen LogP contribution in [0.2, 0.25) is 5.02 Å². The van der Waals surface area contributed by atoms with Gasteiger partial charge in [-0.05, 0) is 65.0 Å². The number of aliphatic carboxylic acids is 1. The number of hydrogen-bond donors (Lipinski definition) is 4. The lowest BCUT2D eigenvalue weighted by molar-refractivity contribution is -0.140. The number of carbonyl (C=O) groups is 1. The van der Waals surface area contributed by atoms with E-state index in [-0.39, 0.29) is 30.9 Å². The molecule has 0 aliphatic carbocycles. The minimum absolute atomic E-state index is 0.0393. The zero-order chi connectivity index (χ0) is 33.3. The fourth-order valence-electron chi connectivity index (χ4n) is 5.72. The van der Waals surface area contributed by atoms with Crippen LogP contribution in [0, 0.1) is 11.3 Å². The van der Waals surface area contributed by atoms with Gasteiger partial charge in [0, 0.05) is 53.2 Å². The Morgan fingerprint density at radius 2 is 1.91 bits per heavy atom. The molecule has 248 valence electrons. The number of aliphatic hydroxyl groups excluding tert-OH is 2. The number of nitrogens with one attached hydrogen (secondary N) is 1. The van der Waals surface area contributed by atoms with Gasteiger partial charge in [0.1, 0.15) is 30.2 Å². The van der Waals surface area contributed by atoms with E-state index in [1.165, 1.54) is 0 Å². The van der Waals surface area contributed by atoms with Crippen molar-refractivity contribution in [3.8, 4) is 28.7 Å². The van der Waals surface area contributed by atoms with Gasteiger partial charge in [0.25, 0.3) is 0 Å². The number of fused-ring (bicyclic) bond motifs is 1. The molecular weight excluding hydrogens is 690 g/mol. The fraction of sp³-hybridized carbons (Fsp3) is 0.382. The molecule has 1 aromatic heterocycles. The Morgan fingerprint density at radius 1 is 1.13 bits per heavy atom. The first-order valence-corrected chi connectivity index (χ1v) is 16.6. The van der Waals surface area contributed by atoms with Crippen molar-refractivity contribution in [2.75, 3.05) is 32.8 Å². The summed E-state index contributed by atoms with van der Waals surface area (Å²) in [6.07, 6.45) is 4.63. The highest BCUT2D eigenvalue weighted by molar-refractivity contribution is 9.10. The van der Waals surface area contributed by atoms with E-state index in [2.05, 4.69) is 43.0 Å². The number of unbranched alkanes of at least 4 members (excludes halogenated alkanes) is 1. The number of ether oxygens (including phenoxy) is 2. The highest BCUT2D eigenvalue weighted by Gasteiger charge is 2.20. The van der Waals surface area contributed by atoms with E-state index in [4.69, 9.17) is 31.4 Å². The number of β-amino-alcohol motifs (C(OH)–C–C–N with tert-alkyl or cyclic N) is 1. The Morgan fingerprint density at radius 3 is 2.66 bits per heavy atom. The average Bonchev–Trinajstić information content (AvgIpc) is 3.68. The summed E-state index contributed by atoms with van der Waals surface area (Å²) in [5.41, 5.74) is 4.49. The third-order valence-electron chi connectivity index (χ3n) is 8.21. The van der Waals surface area contributed by atoms with Crippen LogP contribution in [0.4, 0.5) is 0 Å². The van der Waals surface area contributed by atoms with Gasteiger partial charge in [0.15, 0.2) is 6.61 Å². The van der Waals surface area contributed by atoms with E-state index in [1.54, 1.807) is 12.1 Å². The topological polar surface area (TPSA) is 153 Å². The highest BCUT2D eigenvalue weighted by Crippen LogP contribution is 2.38. The van der Waals surface area contributed by atoms with Crippen molar-refractivity contribution in [1.82, 2.24) is 20.0 Å². The number of benzene rings is 3. The third kappa shape index (κ3) is 8.61. The van der Waals surface area contributed by atoms with E-state index >= 15 is 0 Å². The molecule has 1 aliphatic heterocycles. The summed E-state index contributed by atoms with van der Waals surface area (Å²) in [4.78, 5) is 13.6. The smallest absolute Gasteiger partial charge is 0.323 e. The maximum Gasteiger partial charge on any atom is 0.323 e. The van der Waals surface area contributed by atoms with Gasteiger partial charge in [-0.15, -0.1) is 0 Å². The summed E-state index contributed by atoms with van der Waals surface area (Å²) in [7, 11) is 0. The lowest BCUT2D eigenvalue weighted by Crippen LogP contribution is -2.39. The Hall–Kier alpha value is -3.70. The van der Waals surface area contributed by atoms with Crippen LogP contribution in [-0.2, 0) is 24.5 Å². The number of likely N-dealkylation sites (tertiary alicyclic amines) is 1. The maximum absolute atomic E-state index is 11.3. The number of aromatic nitrogens is 2. The molecule has 4 N–H and O–H groups in total. The number of nitriles is 1. The molecule has 1 saturated heterocycles. The van der Waals surface area contributed by atoms with Gasteiger partial charge in [0.2, 0.25) is 0 Å². The molecule has 0 saturated carbocycles. The molecule has 47 heavy (non-hydrogen) atoms. The number of carboxylic acids is 1. The Labute approximate surface area is 286 Å². The van der Waals surface area contributed by atoms with Crippen molar-refractivity contribution < 1.29 is 29.6 Å². The quantitative estimate of drug-likeness (QED) is 0.116. The van der Waals surface area contributed by atoms with Crippen LogP contribution in [0.5, 0.6) is 11.5 Å². The summed E-state index contributed by atoms with van der Waals surface area (Å²) in [6, 6.07) is 16.1. The van der Waals surface area contributed by atoms with Crippen LogP contribution in [0.15, 0.2) is 59.2 Å². The number of rotatable bonds is 16. The number of halogens is 2. The second-order valence-corrected chi connectivity index (χ2v) is 12.6. The number of nitrogens with zero attached hydrogens (tertiary/aromatic N) is 4. The number of carboxylic acid groups (broad SMARTS) is 1. The van der Waals surface area contributed by atoms with Crippen LogP contribution in [0.3, 0.4) is 0 Å². The van der Waals surface area contributed by atoms with E-state index in [0.29, 0.717) is 17.1 Å². The Kier molecular flexibility index (Phi) is 12.1. The normalized spacial score (nSPS) is 15.5. The first kappa shape index (κ1) is 34.6. The average molecular weight is 727 g/mol. The molecule has 0 unspecified atom stereocenters. The standard InChI is InChI=1S/C34H37BrClN5O6/c35-33-22(21-47-32-16-31(46-14-10-37)23(15-28(32)36)17-38-29(20-42)34(44)45)5-3-7-26(33)25-6-4-8-30-27(25)18-39-41(30)12-2-1-11-40-13-9-24(43)19-40/h3-8,15-16,18,24,29,38,42-43H,1-2,9,11-14,17,19-21H2,(H,44,45)/t24-,29+/m1/s1. The number of hydrogen-bond acceptors (Lipinski definition) is 9. The van der Waals surface area contributed by atoms with Crippen LogP contribution in [0.25, 0.3) is 22.0 Å². The van der Waals surface area contributed by atoms with Crippen LogP contribution >= 0.6 is 27.5 Å². The molecule has 1 aliphatic rings. The summed E-state index contributed by atoms with van der Waals surface area (Å²) >= 11 is 10.4. The minimum atomic E-state index is -1.19. The largest absolute Gasteiger partial charge is 0.487 e. The van der Waals surface area contributed by atoms with E-state index < -0.39 is 18.6 Å². The molecular formula is C34H37BrClN5O6. The Balaban J connectivity index is 1.29. The van der Waals surface area contributed by atoms with Crippen molar-refractivity contribution in [2.45, 2.75) is 51.1 Å². The minimum Gasteiger partial charge on any atom is -0.487 e. The molecule has 0 radical (unpaired) electrons. The van der Waals surface area contributed by atoms with E-state index in [1.807, 2.05) is 36.5 Å². The third-order valence-corrected chi connectivity index (χ3v) is 9.44. The fourth-order valence-corrected chi connectivity index (χ4v) is 6.55. The summed E-state index contributed by atoms with van der Waals surface area (Å²) < 4.78 is 14.6. The lowest BCUT2D eigenvalue weighted by Gasteiger charge is -2.17. The first-order chi connectivity index (χ1) is 22.8. The molecule has 11 nitrogen and oxygen atoms in total. The van der Waals surface area contributed by atoms with E-state index in [9.17, 15) is 20.1 Å². The van der Waals surface area contributed by atoms with Gasteiger partial charge < -0.3 is 29.7 Å². The van der Waals surface area contributed by atoms with Crippen molar-refractivity contribution in [3.05, 3.63) is 75.4 Å². The van der Waals surface area contributed by atoms with Crippen molar-refractivity contribution in [1.29, 1.82) is 5.26 Å². The lowest BCUT2D eigenvalue weighted by atomic mass is 10.00. The molecule has 4 aromatic rings. The highest BCUT2D eigenvalue weighted by atomic mass is 79.9. The molecule has 2 atom stereocenters. The van der Waals surface area contributed by atoms with Crippen molar-refractivity contribution in [3.63, 3.8) is 0 Å². The molecule has 0 spiro atoms. The summed E-state index contributed by atoms with van der Waals surface area (Å²) in [5, 5.41) is 46.1. The second-order valence-electron chi connectivity index (χ2n) is 11.4. The van der Waals surface area contributed by atoms with Gasteiger partial charge in [-0.1, -0.05) is 41.9 Å². The van der Waals surface area contributed by atoms with Crippen LogP contribution in [-0.4, -0.2) is 81.0 Å². The van der Waals surface area contributed by atoms with Gasteiger partial charge in [-0.3, -0.25) is 14.8 Å². The molecule has 3 aromatic carbocycles. The van der Waals surface area contributed by atoms with E-state index in [0.717, 1.165) is 77.5 Å².